The van der Waals surface area contributed by atoms with Gasteiger partial charge in [0.25, 0.3) is 0 Å². The van der Waals surface area contributed by atoms with Gasteiger partial charge in [-0.25, -0.2) is 0 Å². The molecule has 1 aromatic heterocycles. The van der Waals surface area contributed by atoms with Crippen LogP contribution < -0.4 is 5.73 Å². The lowest BCUT2D eigenvalue weighted by atomic mass is 10.1. The lowest BCUT2D eigenvalue weighted by molar-refractivity contribution is 0.551. The van der Waals surface area contributed by atoms with Crippen molar-refractivity contribution in [2.45, 2.75) is 64.8 Å². The smallest absolute Gasteiger partial charge is 0.0960 e. The van der Waals surface area contributed by atoms with Crippen molar-refractivity contribution in [1.82, 2.24) is 0 Å². The summed E-state index contributed by atoms with van der Waals surface area (Å²) in [6.07, 6.45) is 9.03. The Hall–Kier alpha value is -0.0500. The highest BCUT2D eigenvalue weighted by Gasteiger charge is 2.10. The monoisotopic (exact) mass is 273 g/mol. The summed E-state index contributed by atoms with van der Waals surface area (Å²) in [5.74, 6) is 0. The average molecular weight is 274 g/mol. The molecule has 0 saturated heterocycles. The van der Waals surface area contributed by atoms with Gasteiger partial charge in [0.15, 0.2) is 0 Å². The molecular weight excluding hydrogens is 250 g/mol. The molecule has 0 saturated carbocycles. The van der Waals surface area contributed by atoms with Gasteiger partial charge in [0.2, 0.25) is 0 Å². The van der Waals surface area contributed by atoms with E-state index < -0.39 is 0 Å². The number of hydrogen-bond donors (Lipinski definition) is 1. The van der Waals surface area contributed by atoms with Crippen molar-refractivity contribution in [3.8, 4) is 0 Å². The van der Waals surface area contributed by atoms with Crippen molar-refractivity contribution in [2.24, 2.45) is 5.73 Å². The normalized spacial score (nSPS) is 12.9. The largest absolute Gasteiger partial charge is 0.323 e. The van der Waals surface area contributed by atoms with E-state index >= 15 is 0 Å². The standard InChI is InChI=1S/C14H24ClNS/c1-3-4-5-6-7-8-9-12(16)13-10-11(2)14(15)17-13/h10,12H,3-9,16H2,1-2H3. The summed E-state index contributed by atoms with van der Waals surface area (Å²) in [5, 5.41) is 0. The third kappa shape index (κ3) is 5.41. The fourth-order valence-corrected chi connectivity index (χ4v) is 3.21. The van der Waals surface area contributed by atoms with Crippen LogP contribution in [0.3, 0.4) is 0 Å². The van der Waals surface area contributed by atoms with Gasteiger partial charge < -0.3 is 5.73 Å². The molecule has 1 unspecified atom stereocenters. The molecule has 0 radical (unpaired) electrons. The molecule has 1 aromatic rings. The number of hydrogen-bond acceptors (Lipinski definition) is 2. The summed E-state index contributed by atoms with van der Waals surface area (Å²) in [7, 11) is 0. The Morgan fingerprint density at radius 1 is 1.24 bits per heavy atom. The topological polar surface area (TPSA) is 26.0 Å². The summed E-state index contributed by atoms with van der Waals surface area (Å²) >= 11 is 7.69. The number of rotatable bonds is 8. The van der Waals surface area contributed by atoms with Crippen LogP contribution in [0.25, 0.3) is 0 Å². The van der Waals surface area contributed by atoms with Gasteiger partial charge in [0.05, 0.1) is 4.34 Å². The van der Waals surface area contributed by atoms with Crippen molar-refractivity contribution in [3.63, 3.8) is 0 Å². The molecule has 0 bridgehead atoms. The predicted molar refractivity (Wildman–Crippen MR) is 79.0 cm³/mol. The van der Waals surface area contributed by atoms with Crippen LogP contribution >= 0.6 is 22.9 Å². The maximum absolute atomic E-state index is 6.17. The van der Waals surface area contributed by atoms with Crippen molar-refractivity contribution in [3.05, 3.63) is 20.8 Å². The minimum Gasteiger partial charge on any atom is -0.323 e. The van der Waals surface area contributed by atoms with Crippen molar-refractivity contribution in [2.75, 3.05) is 0 Å². The van der Waals surface area contributed by atoms with Crippen LogP contribution in [0.15, 0.2) is 6.07 Å². The highest BCUT2D eigenvalue weighted by atomic mass is 35.5. The molecule has 1 heterocycles. The first kappa shape index (κ1) is 15.0. The van der Waals surface area contributed by atoms with Crippen molar-refractivity contribution in [1.29, 1.82) is 0 Å². The Balaban J connectivity index is 2.19. The second-order valence-electron chi connectivity index (χ2n) is 4.77. The van der Waals surface area contributed by atoms with E-state index in [2.05, 4.69) is 13.0 Å². The van der Waals surface area contributed by atoms with Crippen LogP contribution in [-0.4, -0.2) is 0 Å². The van der Waals surface area contributed by atoms with Gasteiger partial charge in [-0.05, 0) is 25.0 Å². The van der Waals surface area contributed by atoms with Gasteiger partial charge in [-0.2, -0.15) is 0 Å². The average Bonchev–Trinajstić information content (AvgIpc) is 2.64. The van der Waals surface area contributed by atoms with E-state index in [9.17, 15) is 0 Å². The van der Waals surface area contributed by atoms with E-state index in [1.54, 1.807) is 11.3 Å². The number of unbranched alkanes of at least 4 members (excludes halogenated alkanes) is 5. The molecule has 0 aliphatic carbocycles. The van der Waals surface area contributed by atoms with E-state index in [1.165, 1.54) is 43.4 Å². The number of aryl methyl sites for hydroxylation is 1. The molecule has 0 spiro atoms. The van der Waals surface area contributed by atoms with Gasteiger partial charge in [-0.15, -0.1) is 11.3 Å². The number of nitrogens with two attached hydrogens (primary N) is 1. The maximum Gasteiger partial charge on any atom is 0.0960 e. The lowest BCUT2D eigenvalue weighted by Gasteiger charge is -2.08. The Morgan fingerprint density at radius 3 is 2.47 bits per heavy atom. The molecule has 2 N–H and O–H groups in total. The zero-order chi connectivity index (χ0) is 12.7. The van der Waals surface area contributed by atoms with Gasteiger partial charge in [-0.3, -0.25) is 0 Å². The Morgan fingerprint density at radius 2 is 1.88 bits per heavy atom. The van der Waals surface area contributed by atoms with Gasteiger partial charge in [-0.1, -0.05) is 57.0 Å². The van der Waals surface area contributed by atoms with Gasteiger partial charge in [0, 0.05) is 10.9 Å². The van der Waals surface area contributed by atoms with Crippen LogP contribution in [-0.2, 0) is 0 Å². The molecule has 0 fully saturated rings. The zero-order valence-electron chi connectivity index (χ0n) is 11.0. The first-order chi connectivity index (χ1) is 8.15. The summed E-state index contributed by atoms with van der Waals surface area (Å²) in [6.45, 7) is 4.29. The highest BCUT2D eigenvalue weighted by molar-refractivity contribution is 7.16. The maximum atomic E-state index is 6.17. The third-order valence-corrected chi connectivity index (χ3v) is 4.80. The zero-order valence-corrected chi connectivity index (χ0v) is 12.5. The number of halogens is 1. The first-order valence-corrected chi connectivity index (χ1v) is 7.86. The van der Waals surface area contributed by atoms with Crippen LogP contribution in [0.4, 0.5) is 0 Å². The van der Waals surface area contributed by atoms with Gasteiger partial charge in [0.1, 0.15) is 0 Å². The van der Waals surface area contributed by atoms with E-state index in [0.29, 0.717) is 0 Å². The highest BCUT2D eigenvalue weighted by Crippen LogP contribution is 2.32. The van der Waals surface area contributed by atoms with Crippen molar-refractivity contribution >= 4 is 22.9 Å². The summed E-state index contributed by atoms with van der Waals surface area (Å²) in [6, 6.07) is 2.31. The summed E-state index contributed by atoms with van der Waals surface area (Å²) < 4.78 is 0.887. The predicted octanol–water partition coefficient (Wildman–Crippen LogP) is 5.46. The molecule has 0 aliphatic rings. The molecule has 1 rings (SSSR count). The molecule has 0 aromatic carbocycles. The molecule has 1 atom stereocenters. The summed E-state index contributed by atoms with van der Waals surface area (Å²) in [4.78, 5) is 1.24. The van der Waals surface area contributed by atoms with Crippen LogP contribution in [0.1, 0.15) is 68.4 Å². The lowest BCUT2D eigenvalue weighted by Crippen LogP contribution is -2.08. The van der Waals surface area contributed by atoms with E-state index in [0.717, 1.165) is 16.3 Å². The SMILES string of the molecule is CCCCCCCCC(N)c1cc(C)c(Cl)s1. The van der Waals surface area contributed by atoms with Crippen LogP contribution in [0, 0.1) is 6.92 Å². The van der Waals surface area contributed by atoms with E-state index in [1.807, 2.05) is 6.92 Å². The fraction of sp³-hybridized carbons (Fsp3) is 0.714. The fourth-order valence-electron chi connectivity index (χ4n) is 1.95. The molecule has 1 nitrogen and oxygen atoms in total. The first-order valence-electron chi connectivity index (χ1n) is 6.66. The summed E-state index contributed by atoms with van der Waals surface area (Å²) in [5.41, 5.74) is 7.33. The van der Waals surface area contributed by atoms with E-state index in [4.69, 9.17) is 17.3 Å². The quantitative estimate of drug-likeness (QED) is 0.625. The molecular formula is C14H24ClNS. The Kier molecular flexibility index (Phi) is 7.17. The minimum absolute atomic E-state index is 0.178. The molecule has 3 heteroatoms. The molecule has 17 heavy (non-hydrogen) atoms. The molecule has 98 valence electrons. The van der Waals surface area contributed by atoms with E-state index in [-0.39, 0.29) is 6.04 Å². The second-order valence-corrected chi connectivity index (χ2v) is 6.45. The minimum atomic E-state index is 0.178. The second kappa shape index (κ2) is 8.12. The molecule has 0 aliphatic heterocycles. The third-order valence-electron chi connectivity index (χ3n) is 3.11. The van der Waals surface area contributed by atoms with Crippen molar-refractivity contribution < 1.29 is 0 Å². The van der Waals surface area contributed by atoms with Crippen LogP contribution in [0.2, 0.25) is 4.34 Å². The Labute approximate surface area is 114 Å². The van der Waals surface area contributed by atoms with Gasteiger partial charge >= 0.3 is 0 Å². The Bertz CT molecular complexity index is 303. The molecule has 0 amide bonds. The van der Waals surface area contributed by atoms with Crippen LogP contribution in [0.5, 0.6) is 0 Å². The number of thiophene rings is 1.